The minimum atomic E-state index is -0.536. The molecule has 1 spiro atoms. The summed E-state index contributed by atoms with van der Waals surface area (Å²) in [4.78, 5) is 2.32. The molecule has 0 radical (unpaired) electrons. The number of rotatable bonds is 5. The van der Waals surface area contributed by atoms with E-state index in [2.05, 4.69) is 217 Å². The Morgan fingerprint density at radius 3 is 1.40 bits per heavy atom. The summed E-state index contributed by atoms with van der Waals surface area (Å²) in [7, 11) is 0. The van der Waals surface area contributed by atoms with Crippen LogP contribution in [0.3, 0.4) is 0 Å². The van der Waals surface area contributed by atoms with Crippen LogP contribution in [-0.2, 0) is 5.41 Å². The SMILES string of the molecule is c1ccc(-c2ccc(N(c3ccccc3)c3ccc(-c4ccc5c(c4)C4(c6cc7ccccc7cc6O5)c5ccccc5-c5ccccc54)cc3)cc2)cc1. The van der Waals surface area contributed by atoms with Crippen LogP contribution in [0.1, 0.15) is 22.3 Å². The van der Waals surface area contributed by atoms with Gasteiger partial charge in [-0.1, -0.05) is 152 Å². The first-order valence-corrected chi connectivity index (χ1v) is 18.9. The first kappa shape index (κ1) is 31.4. The van der Waals surface area contributed by atoms with Gasteiger partial charge in [-0.15, -0.1) is 0 Å². The standard InChI is InChI=1S/C53H35NO/c1-3-13-36(14-4-1)37-23-28-43(29-24-37)54(42-17-5-2-6-18-42)44-30-25-38(26-31-44)41-27-32-51-49(34-41)53(50-33-39-15-7-8-16-40(39)35-52(50)55-51)47-21-11-9-19-45(47)46-20-10-12-22-48(46)53/h1-35H. The van der Waals surface area contributed by atoms with Crippen molar-refractivity contribution in [3.63, 3.8) is 0 Å². The molecule has 0 atom stereocenters. The van der Waals surface area contributed by atoms with Gasteiger partial charge in [0.25, 0.3) is 0 Å². The maximum absolute atomic E-state index is 6.87. The van der Waals surface area contributed by atoms with Crippen LogP contribution in [-0.4, -0.2) is 0 Å². The summed E-state index contributed by atoms with van der Waals surface area (Å²) in [5, 5.41) is 2.38. The second-order valence-corrected chi connectivity index (χ2v) is 14.5. The normalized spacial score (nSPS) is 13.0. The first-order valence-electron chi connectivity index (χ1n) is 18.9. The molecule has 55 heavy (non-hydrogen) atoms. The van der Waals surface area contributed by atoms with Crippen molar-refractivity contribution in [1.82, 2.24) is 0 Å². The third-order valence-electron chi connectivity index (χ3n) is 11.5. The van der Waals surface area contributed by atoms with Crippen molar-refractivity contribution in [2.24, 2.45) is 0 Å². The molecule has 0 bridgehead atoms. The van der Waals surface area contributed by atoms with Crippen LogP contribution in [0.2, 0.25) is 0 Å². The molecular formula is C53H35NO. The first-order chi connectivity index (χ1) is 27.3. The molecule has 11 rings (SSSR count). The van der Waals surface area contributed by atoms with Crippen molar-refractivity contribution in [1.29, 1.82) is 0 Å². The van der Waals surface area contributed by atoms with E-state index in [0.717, 1.165) is 39.7 Å². The molecule has 9 aromatic carbocycles. The Labute approximate surface area is 321 Å². The Bertz CT molecular complexity index is 2830. The van der Waals surface area contributed by atoms with Crippen molar-refractivity contribution in [2.45, 2.75) is 5.41 Å². The van der Waals surface area contributed by atoms with Crippen molar-refractivity contribution in [3.8, 4) is 44.9 Å². The van der Waals surface area contributed by atoms with Crippen LogP contribution in [0, 0.1) is 0 Å². The highest BCUT2D eigenvalue weighted by Gasteiger charge is 2.51. The molecular weight excluding hydrogens is 667 g/mol. The number of anilines is 3. The molecule has 9 aromatic rings. The largest absolute Gasteiger partial charge is 0.457 e. The minimum absolute atomic E-state index is 0.536. The Morgan fingerprint density at radius 2 is 0.764 bits per heavy atom. The summed E-state index contributed by atoms with van der Waals surface area (Å²) < 4.78 is 6.87. The average molecular weight is 702 g/mol. The zero-order valence-electron chi connectivity index (χ0n) is 30.1. The third kappa shape index (κ3) is 4.89. The van der Waals surface area contributed by atoms with Crippen molar-refractivity contribution in [2.75, 3.05) is 4.90 Å². The molecule has 2 aliphatic rings. The predicted octanol–water partition coefficient (Wildman–Crippen LogP) is 14.1. The second kappa shape index (κ2) is 12.5. The van der Waals surface area contributed by atoms with E-state index in [1.807, 2.05) is 0 Å². The van der Waals surface area contributed by atoms with Crippen molar-refractivity contribution in [3.05, 3.63) is 235 Å². The van der Waals surface area contributed by atoms with E-state index in [1.165, 1.54) is 55.3 Å². The summed E-state index contributed by atoms with van der Waals surface area (Å²) in [6.07, 6.45) is 0. The smallest absolute Gasteiger partial charge is 0.132 e. The fraction of sp³-hybridized carbons (Fsp3) is 0.0189. The van der Waals surface area contributed by atoms with Gasteiger partial charge in [0.2, 0.25) is 0 Å². The summed E-state index contributed by atoms with van der Waals surface area (Å²) in [5.41, 5.74) is 15.0. The van der Waals surface area contributed by atoms with Gasteiger partial charge >= 0.3 is 0 Å². The van der Waals surface area contributed by atoms with E-state index in [9.17, 15) is 0 Å². The number of fused-ring (bicyclic) bond motifs is 10. The van der Waals surface area contributed by atoms with Gasteiger partial charge in [-0.25, -0.2) is 0 Å². The maximum atomic E-state index is 6.87. The monoisotopic (exact) mass is 701 g/mol. The number of hydrogen-bond acceptors (Lipinski definition) is 2. The fourth-order valence-electron chi connectivity index (χ4n) is 9.03. The maximum Gasteiger partial charge on any atom is 0.132 e. The molecule has 0 N–H and O–H groups in total. The topological polar surface area (TPSA) is 12.5 Å². The lowest BCUT2D eigenvalue weighted by molar-refractivity contribution is 0.437. The number of para-hydroxylation sites is 1. The van der Waals surface area contributed by atoms with Crippen LogP contribution in [0.15, 0.2) is 212 Å². The minimum Gasteiger partial charge on any atom is -0.457 e. The quantitative estimate of drug-likeness (QED) is 0.177. The van der Waals surface area contributed by atoms with Gasteiger partial charge in [0.05, 0.1) is 5.41 Å². The Morgan fingerprint density at radius 1 is 0.309 bits per heavy atom. The van der Waals surface area contributed by atoms with Gasteiger partial charge in [-0.3, -0.25) is 0 Å². The van der Waals surface area contributed by atoms with E-state index in [1.54, 1.807) is 0 Å². The van der Waals surface area contributed by atoms with Crippen molar-refractivity contribution >= 4 is 27.8 Å². The zero-order valence-corrected chi connectivity index (χ0v) is 30.1. The number of ether oxygens (including phenoxy) is 1. The van der Waals surface area contributed by atoms with Crippen LogP contribution >= 0.6 is 0 Å². The molecule has 2 heteroatoms. The second-order valence-electron chi connectivity index (χ2n) is 14.5. The number of benzene rings is 9. The molecule has 258 valence electrons. The van der Waals surface area contributed by atoms with E-state index < -0.39 is 5.41 Å². The molecule has 1 heterocycles. The fourth-order valence-corrected chi connectivity index (χ4v) is 9.03. The van der Waals surface area contributed by atoms with Gasteiger partial charge in [0.1, 0.15) is 11.5 Å². The Kier molecular flexibility index (Phi) is 7.11. The Balaban J connectivity index is 1.05. The number of hydrogen-bond donors (Lipinski definition) is 0. The highest BCUT2D eigenvalue weighted by atomic mass is 16.5. The predicted molar refractivity (Wildman–Crippen MR) is 227 cm³/mol. The van der Waals surface area contributed by atoms with Crippen LogP contribution < -0.4 is 9.64 Å². The lowest BCUT2D eigenvalue weighted by atomic mass is 9.65. The molecule has 0 saturated carbocycles. The van der Waals surface area contributed by atoms with E-state index >= 15 is 0 Å². The summed E-state index contributed by atoms with van der Waals surface area (Å²) in [6.45, 7) is 0. The molecule has 1 aliphatic carbocycles. The van der Waals surface area contributed by atoms with E-state index in [-0.39, 0.29) is 0 Å². The lowest BCUT2D eigenvalue weighted by Crippen LogP contribution is -2.32. The highest BCUT2D eigenvalue weighted by molar-refractivity contribution is 5.93. The van der Waals surface area contributed by atoms with Gasteiger partial charge < -0.3 is 9.64 Å². The Hall–Kier alpha value is -7.16. The number of nitrogens with zero attached hydrogens (tertiary/aromatic N) is 1. The lowest BCUT2D eigenvalue weighted by Gasteiger charge is -2.40. The van der Waals surface area contributed by atoms with Crippen LogP contribution in [0.25, 0.3) is 44.2 Å². The highest BCUT2D eigenvalue weighted by Crippen LogP contribution is 2.62. The van der Waals surface area contributed by atoms with Crippen LogP contribution in [0.5, 0.6) is 11.5 Å². The molecule has 0 saturated heterocycles. The van der Waals surface area contributed by atoms with Gasteiger partial charge in [0.15, 0.2) is 0 Å². The molecule has 0 amide bonds. The van der Waals surface area contributed by atoms with Gasteiger partial charge in [-0.05, 0) is 116 Å². The van der Waals surface area contributed by atoms with E-state index in [0.29, 0.717) is 0 Å². The molecule has 0 fully saturated rings. The molecule has 2 nitrogen and oxygen atoms in total. The zero-order chi connectivity index (χ0) is 36.3. The average Bonchev–Trinajstić information content (AvgIpc) is 3.55. The van der Waals surface area contributed by atoms with Crippen molar-refractivity contribution < 1.29 is 4.74 Å². The third-order valence-corrected chi connectivity index (χ3v) is 11.5. The van der Waals surface area contributed by atoms with Crippen LogP contribution in [0.4, 0.5) is 17.1 Å². The summed E-state index contributed by atoms with van der Waals surface area (Å²) in [6, 6.07) is 76.7. The van der Waals surface area contributed by atoms with E-state index in [4.69, 9.17) is 4.74 Å². The van der Waals surface area contributed by atoms with Gasteiger partial charge in [-0.2, -0.15) is 0 Å². The van der Waals surface area contributed by atoms with Gasteiger partial charge in [0, 0.05) is 28.2 Å². The molecule has 1 aliphatic heterocycles. The molecule has 0 unspecified atom stereocenters. The summed E-state index contributed by atoms with van der Waals surface area (Å²) >= 11 is 0. The summed E-state index contributed by atoms with van der Waals surface area (Å²) in [5.74, 6) is 1.80. The molecule has 0 aromatic heterocycles.